The Kier molecular flexibility index (Phi) is 6.02. The number of aryl methyl sites for hydroxylation is 2. The molecule has 2 aromatic carbocycles. The van der Waals surface area contributed by atoms with Crippen molar-refractivity contribution in [1.29, 1.82) is 0 Å². The number of rotatable bonds is 4. The normalized spacial score (nSPS) is 15.8. The van der Waals surface area contributed by atoms with Gasteiger partial charge in [0.2, 0.25) is 5.91 Å². The van der Waals surface area contributed by atoms with Gasteiger partial charge in [-0.05, 0) is 49.9 Å². The molecule has 0 saturated carbocycles. The molecule has 28 heavy (non-hydrogen) atoms. The number of carbonyl (C=O) groups excluding carboxylic acids is 2. The summed E-state index contributed by atoms with van der Waals surface area (Å²) in [6.07, 6.45) is 1.32. The van der Waals surface area contributed by atoms with Crippen molar-refractivity contribution in [3.63, 3.8) is 0 Å². The van der Waals surface area contributed by atoms with Gasteiger partial charge in [0.05, 0.1) is 0 Å². The lowest BCUT2D eigenvalue weighted by atomic mass is 9.79. The highest BCUT2D eigenvalue weighted by Gasteiger charge is 2.37. The maximum absolute atomic E-state index is 12.7. The number of anilines is 1. The minimum atomic E-state index is -0.440. The zero-order chi connectivity index (χ0) is 20.1. The van der Waals surface area contributed by atoms with Crippen LogP contribution in [-0.4, -0.2) is 29.9 Å². The van der Waals surface area contributed by atoms with Gasteiger partial charge < -0.3 is 15.5 Å². The van der Waals surface area contributed by atoms with Crippen molar-refractivity contribution in [2.45, 2.75) is 40.2 Å². The van der Waals surface area contributed by atoms with Crippen LogP contribution in [0.3, 0.4) is 0 Å². The Morgan fingerprint density at radius 2 is 1.68 bits per heavy atom. The molecule has 1 aliphatic rings. The molecule has 0 aliphatic carbocycles. The summed E-state index contributed by atoms with van der Waals surface area (Å²) in [6, 6.07) is 15.8. The molecule has 1 fully saturated rings. The van der Waals surface area contributed by atoms with E-state index >= 15 is 0 Å². The van der Waals surface area contributed by atoms with Crippen molar-refractivity contribution in [3.05, 3.63) is 65.2 Å². The molecule has 0 atom stereocenters. The summed E-state index contributed by atoms with van der Waals surface area (Å²) in [5.74, 6) is 0.0619. The Morgan fingerprint density at radius 3 is 2.32 bits per heavy atom. The Bertz CT molecular complexity index is 837. The lowest BCUT2D eigenvalue weighted by Gasteiger charge is -2.38. The molecule has 2 aromatic rings. The number of benzene rings is 2. The molecule has 5 heteroatoms. The Morgan fingerprint density at radius 1 is 1.00 bits per heavy atom. The molecule has 3 amide bonds. The van der Waals surface area contributed by atoms with Gasteiger partial charge in [0.25, 0.3) is 0 Å². The topological polar surface area (TPSA) is 61.4 Å². The SMILES string of the molecule is Cc1ccc(CNC(=O)C2(C)CCN(C(=O)Nc3cccc(C)c3)CC2)cc1. The summed E-state index contributed by atoms with van der Waals surface area (Å²) in [4.78, 5) is 27.0. The number of hydrogen-bond acceptors (Lipinski definition) is 2. The van der Waals surface area contributed by atoms with Crippen LogP contribution >= 0.6 is 0 Å². The lowest BCUT2D eigenvalue weighted by molar-refractivity contribution is -0.132. The van der Waals surface area contributed by atoms with Crippen LogP contribution < -0.4 is 10.6 Å². The van der Waals surface area contributed by atoms with E-state index in [1.807, 2.05) is 57.2 Å². The number of carbonyl (C=O) groups is 2. The molecule has 0 spiro atoms. The number of likely N-dealkylation sites (tertiary alicyclic amines) is 1. The van der Waals surface area contributed by atoms with E-state index < -0.39 is 5.41 Å². The smallest absolute Gasteiger partial charge is 0.321 e. The molecule has 0 radical (unpaired) electrons. The van der Waals surface area contributed by atoms with Gasteiger partial charge in [0, 0.05) is 30.7 Å². The minimum Gasteiger partial charge on any atom is -0.352 e. The summed E-state index contributed by atoms with van der Waals surface area (Å²) in [6.45, 7) is 7.72. The maximum Gasteiger partial charge on any atom is 0.321 e. The minimum absolute atomic E-state index is 0.0619. The van der Waals surface area contributed by atoms with E-state index in [2.05, 4.69) is 22.8 Å². The average molecular weight is 380 g/mol. The molecule has 2 N–H and O–H groups in total. The van der Waals surface area contributed by atoms with E-state index in [0.29, 0.717) is 32.5 Å². The molecule has 3 rings (SSSR count). The van der Waals surface area contributed by atoms with Crippen LogP contribution in [0.1, 0.15) is 36.5 Å². The fraction of sp³-hybridized carbons (Fsp3) is 0.391. The monoisotopic (exact) mass is 379 g/mol. The third-order valence-corrected chi connectivity index (χ3v) is 5.55. The van der Waals surface area contributed by atoms with Gasteiger partial charge in [-0.1, -0.05) is 48.9 Å². The molecule has 5 nitrogen and oxygen atoms in total. The summed E-state index contributed by atoms with van der Waals surface area (Å²) in [5.41, 5.74) is 3.77. The zero-order valence-corrected chi connectivity index (χ0v) is 16.9. The van der Waals surface area contributed by atoms with Crippen LogP contribution in [-0.2, 0) is 11.3 Å². The van der Waals surface area contributed by atoms with E-state index in [-0.39, 0.29) is 11.9 Å². The molecular weight excluding hydrogens is 350 g/mol. The van der Waals surface area contributed by atoms with Crippen molar-refractivity contribution < 1.29 is 9.59 Å². The van der Waals surface area contributed by atoms with Crippen molar-refractivity contribution in [2.75, 3.05) is 18.4 Å². The standard InChI is InChI=1S/C23H29N3O2/c1-17-7-9-19(10-8-17)16-24-21(27)23(3)11-13-26(14-12-23)22(28)25-20-6-4-5-18(2)15-20/h4-10,15H,11-14,16H2,1-3H3,(H,24,27)(H,25,28). The van der Waals surface area contributed by atoms with Crippen LogP contribution in [0.2, 0.25) is 0 Å². The zero-order valence-electron chi connectivity index (χ0n) is 16.9. The second-order valence-electron chi connectivity index (χ2n) is 8.02. The second-order valence-corrected chi connectivity index (χ2v) is 8.02. The Balaban J connectivity index is 1.50. The highest BCUT2D eigenvalue weighted by atomic mass is 16.2. The summed E-state index contributed by atoms with van der Waals surface area (Å²) in [5, 5.41) is 6.01. The largest absolute Gasteiger partial charge is 0.352 e. The Hall–Kier alpha value is -2.82. The van der Waals surface area contributed by atoms with Gasteiger partial charge in [-0.2, -0.15) is 0 Å². The molecule has 0 aromatic heterocycles. The number of nitrogens with one attached hydrogen (secondary N) is 2. The Labute approximate surface area is 167 Å². The van der Waals surface area contributed by atoms with Crippen LogP contribution in [0, 0.1) is 19.3 Å². The number of nitrogens with zero attached hydrogens (tertiary/aromatic N) is 1. The highest BCUT2D eigenvalue weighted by molar-refractivity contribution is 5.90. The molecule has 0 bridgehead atoms. The summed E-state index contributed by atoms with van der Waals surface area (Å²) < 4.78 is 0. The molecule has 1 saturated heterocycles. The average Bonchev–Trinajstić information content (AvgIpc) is 2.68. The number of urea groups is 1. The van der Waals surface area contributed by atoms with Crippen LogP contribution in [0.15, 0.2) is 48.5 Å². The highest BCUT2D eigenvalue weighted by Crippen LogP contribution is 2.31. The summed E-state index contributed by atoms with van der Waals surface area (Å²) in [7, 11) is 0. The first-order chi connectivity index (χ1) is 13.4. The van der Waals surface area contributed by atoms with Gasteiger partial charge in [-0.25, -0.2) is 4.79 Å². The van der Waals surface area contributed by atoms with Crippen molar-refractivity contribution >= 4 is 17.6 Å². The molecule has 0 unspecified atom stereocenters. The van der Waals surface area contributed by atoms with Gasteiger partial charge in [-0.15, -0.1) is 0 Å². The van der Waals surface area contributed by atoms with Crippen molar-refractivity contribution in [3.8, 4) is 0 Å². The third kappa shape index (κ3) is 4.91. The number of hydrogen-bond donors (Lipinski definition) is 2. The predicted octanol–water partition coefficient (Wildman–Crippen LogP) is 4.25. The quantitative estimate of drug-likeness (QED) is 0.834. The molecule has 1 heterocycles. The van der Waals surface area contributed by atoms with E-state index in [0.717, 1.165) is 16.8 Å². The van der Waals surface area contributed by atoms with Crippen LogP contribution in [0.4, 0.5) is 10.5 Å². The lowest BCUT2D eigenvalue weighted by Crippen LogP contribution is -2.49. The fourth-order valence-corrected chi connectivity index (χ4v) is 3.46. The molecule has 148 valence electrons. The number of piperidine rings is 1. The maximum atomic E-state index is 12.7. The first-order valence-corrected chi connectivity index (χ1v) is 9.82. The third-order valence-electron chi connectivity index (χ3n) is 5.55. The van der Waals surface area contributed by atoms with Crippen LogP contribution in [0.25, 0.3) is 0 Å². The van der Waals surface area contributed by atoms with E-state index in [1.165, 1.54) is 5.56 Å². The van der Waals surface area contributed by atoms with Crippen molar-refractivity contribution in [1.82, 2.24) is 10.2 Å². The molecular formula is C23H29N3O2. The van der Waals surface area contributed by atoms with Crippen molar-refractivity contribution in [2.24, 2.45) is 5.41 Å². The second kappa shape index (κ2) is 8.46. The number of amides is 3. The van der Waals surface area contributed by atoms with Gasteiger partial charge >= 0.3 is 6.03 Å². The van der Waals surface area contributed by atoms with E-state index in [1.54, 1.807) is 4.90 Å². The predicted molar refractivity (Wildman–Crippen MR) is 112 cm³/mol. The first-order valence-electron chi connectivity index (χ1n) is 9.82. The van der Waals surface area contributed by atoms with E-state index in [4.69, 9.17) is 0 Å². The first kappa shape index (κ1) is 19.9. The van der Waals surface area contributed by atoms with E-state index in [9.17, 15) is 9.59 Å². The summed E-state index contributed by atoms with van der Waals surface area (Å²) >= 11 is 0. The van der Waals surface area contributed by atoms with Gasteiger partial charge in [0.15, 0.2) is 0 Å². The van der Waals surface area contributed by atoms with Crippen LogP contribution in [0.5, 0.6) is 0 Å². The fourth-order valence-electron chi connectivity index (χ4n) is 3.46. The van der Waals surface area contributed by atoms with Gasteiger partial charge in [0.1, 0.15) is 0 Å². The molecule has 1 aliphatic heterocycles. The van der Waals surface area contributed by atoms with Gasteiger partial charge in [-0.3, -0.25) is 4.79 Å².